The Morgan fingerprint density at radius 1 is 1.02 bits per heavy atom. The van der Waals surface area contributed by atoms with Crippen LogP contribution in [0.25, 0.3) is 22.3 Å². The van der Waals surface area contributed by atoms with Crippen molar-refractivity contribution >= 4 is 16.9 Å². The highest BCUT2D eigenvalue weighted by molar-refractivity contribution is 5.92. The lowest BCUT2D eigenvalue weighted by Crippen LogP contribution is -2.48. The molecule has 2 saturated heterocycles. The number of carbonyl (C=O) groups excluding carboxylic acids is 1. The predicted molar refractivity (Wildman–Crippen MR) is 164 cm³/mol. The van der Waals surface area contributed by atoms with Crippen LogP contribution in [0.2, 0.25) is 0 Å². The van der Waals surface area contributed by atoms with Gasteiger partial charge in [-0.2, -0.15) is 0 Å². The maximum absolute atomic E-state index is 15.6. The maximum atomic E-state index is 15.6. The van der Waals surface area contributed by atoms with E-state index in [1.54, 1.807) is 24.3 Å². The second-order valence-corrected chi connectivity index (χ2v) is 11.7. The third-order valence-corrected chi connectivity index (χ3v) is 8.32. The van der Waals surface area contributed by atoms with Crippen molar-refractivity contribution in [3.05, 3.63) is 106 Å². The molecule has 48 heavy (non-hydrogen) atoms. The Balaban J connectivity index is 1.08. The van der Waals surface area contributed by atoms with Gasteiger partial charge in [-0.25, -0.2) is 23.1 Å². The number of hydrogen-bond acceptors (Lipinski definition) is 9. The zero-order valence-corrected chi connectivity index (χ0v) is 25.4. The highest BCUT2D eigenvalue weighted by Crippen LogP contribution is 2.29. The van der Waals surface area contributed by atoms with Crippen molar-refractivity contribution in [1.82, 2.24) is 24.8 Å². The number of amides is 1. The molecule has 0 spiro atoms. The highest BCUT2D eigenvalue weighted by Gasteiger charge is 2.25. The molecule has 1 atom stereocenters. The fourth-order valence-corrected chi connectivity index (χ4v) is 5.48. The zero-order valence-electron chi connectivity index (χ0n) is 25.4. The van der Waals surface area contributed by atoms with Crippen molar-refractivity contribution in [3.8, 4) is 17.1 Å². The molecular formula is C34H30F3N5O6. The highest BCUT2D eigenvalue weighted by atomic mass is 19.1. The van der Waals surface area contributed by atoms with Crippen LogP contribution in [0, 0.1) is 17.5 Å². The van der Waals surface area contributed by atoms with Crippen LogP contribution in [0.1, 0.15) is 45.7 Å². The van der Waals surface area contributed by atoms with Gasteiger partial charge in [0.25, 0.3) is 5.91 Å². The average Bonchev–Trinajstić information content (AvgIpc) is 3.37. The molecule has 0 bridgehead atoms. The first-order valence-corrected chi connectivity index (χ1v) is 15.3. The molecule has 3 N–H and O–H groups in total. The van der Waals surface area contributed by atoms with E-state index in [2.05, 4.69) is 20.3 Å². The van der Waals surface area contributed by atoms with Gasteiger partial charge in [-0.05, 0) is 42.3 Å². The third kappa shape index (κ3) is 6.60. The number of aliphatic hydroxyl groups excluding tert-OH is 1. The van der Waals surface area contributed by atoms with Crippen molar-refractivity contribution in [2.24, 2.45) is 0 Å². The summed E-state index contributed by atoms with van der Waals surface area (Å²) >= 11 is 0. The summed E-state index contributed by atoms with van der Waals surface area (Å²) < 4.78 is 63.9. The Morgan fingerprint density at radius 3 is 2.54 bits per heavy atom. The number of hydrogen-bond donors (Lipinski definition) is 3. The Hall–Kier alpha value is -4.89. The molecular weight excluding hydrogens is 631 g/mol. The van der Waals surface area contributed by atoms with Gasteiger partial charge in [-0.3, -0.25) is 9.78 Å². The number of benzene rings is 2. The summed E-state index contributed by atoms with van der Waals surface area (Å²) in [4.78, 5) is 25.2. The number of halogens is 3. The average molecular weight is 662 g/mol. The summed E-state index contributed by atoms with van der Waals surface area (Å²) in [6.07, 6.45) is 0.256. The number of carbonyl (C=O) groups is 1. The molecule has 14 heteroatoms. The topological polar surface area (TPSA) is 141 Å². The Labute approximate surface area is 272 Å². The summed E-state index contributed by atoms with van der Waals surface area (Å²) in [5.41, 5.74) is 1.55. The van der Waals surface area contributed by atoms with E-state index < -0.39 is 29.6 Å². The molecule has 1 amide bonds. The van der Waals surface area contributed by atoms with Gasteiger partial charge in [0.05, 0.1) is 48.6 Å². The van der Waals surface area contributed by atoms with E-state index in [4.69, 9.17) is 14.2 Å². The van der Waals surface area contributed by atoms with E-state index in [9.17, 15) is 19.4 Å². The second kappa shape index (κ2) is 13.3. The Morgan fingerprint density at radius 2 is 1.83 bits per heavy atom. The van der Waals surface area contributed by atoms with Crippen LogP contribution in [0.15, 0.2) is 60.8 Å². The van der Waals surface area contributed by atoms with E-state index in [1.165, 1.54) is 18.3 Å². The smallest absolute Gasteiger partial charge is 0.270 e. The van der Waals surface area contributed by atoms with Crippen molar-refractivity contribution in [2.45, 2.75) is 44.4 Å². The fourth-order valence-electron chi connectivity index (χ4n) is 5.48. The van der Waals surface area contributed by atoms with Crippen LogP contribution < -0.4 is 10.1 Å². The number of aromatic nitrogens is 4. The molecule has 2 aromatic carbocycles. The minimum Gasteiger partial charge on any atom is -0.473 e. The Kier molecular flexibility index (Phi) is 8.79. The molecule has 5 heterocycles. The van der Waals surface area contributed by atoms with Crippen LogP contribution in [-0.4, -0.2) is 67.6 Å². The van der Waals surface area contributed by atoms with Crippen LogP contribution in [-0.2, 0) is 29.0 Å². The SMILES string of the molecule is O=C(NC1COC1)c1cc(F)c(COc2cccc(-c3cc(F)c(Cc4nc5ccc(C(O)O)cc5n4C[C@@H]4CCO4)cc3F)n2)cn1. The monoisotopic (exact) mass is 661 g/mol. The summed E-state index contributed by atoms with van der Waals surface area (Å²) in [6, 6.07) is 12.4. The first-order valence-electron chi connectivity index (χ1n) is 15.3. The van der Waals surface area contributed by atoms with Gasteiger partial charge in [0.15, 0.2) is 6.29 Å². The normalized spacial score (nSPS) is 16.2. The van der Waals surface area contributed by atoms with Gasteiger partial charge < -0.3 is 34.3 Å². The quantitative estimate of drug-likeness (QED) is 0.179. The molecule has 7 rings (SSSR count). The van der Waals surface area contributed by atoms with Crippen molar-refractivity contribution in [2.75, 3.05) is 19.8 Å². The van der Waals surface area contributed by atoms with Crippen molar-refractivity contribution < 1.29 is 42.4 Å². The molecule has 2 fully saturated rings. The molecule has 248 valence electrons. The lowest BCUT2D eigenvalue weighted by molar-refractivity contribution is -0.0590. The van der Waals surface area contributed by atoms with E-state index in [0.717, 1.165) is 24.6 Å². The lowest BCUT2D eigenvalue weighted by atomic mass is 10.0. The lowest BCUT2D eigenvalue weighted by Gasteiger charge is -2.27. The molecule has 0 radical (unpaired) electrons. The third-order valence-electron chi connectivity index (χ3n) is 8.32. The summed E-state index contributed by atoms with van der Waals surface area (Å²) in [6.45, 7) is 1.58. The van der Waals surface area contributed by atoms with E-state index >= 15 is 8.78 Å². The largest absolute Gasteiger partial charge is 0.473 e. The van der Waals surface area contributed by atoms with Gasteiger partial charge in [0.2, 0.25) is 5.88 Å². The Bertz CT molecular complexity index is 2000. The summed E-state index contributed by atoms with van der Waals surface area (Å²) in [5, 5.41) is 22.0. The van der Waals surface area contributed by atoms with E-state index in [0.29, 0.717) is 43.2 Å². The number of imidazole rings is 1. The molecule has 0 unspecified atom stereocenters. The number of rotatable bonds is 11. The fraction of sp³-hybridized carbons (Fsp3) is 0.294. The number of aliphatic hydroxyl groups is 2. The number of nitrogens with zero attached hydrogens (tertiary/aromatic N) is 4. The van der Waals surface area contributed by atoms with E-state index in [-0.39, 0.29) is 64.7 Å². The molecule has 3 aromatic heterocycles. The summed E-state index contributed by atoms with van der Waals surface area (Å²) in [7, 11) is 0. The summed E-state index contributed by atoms with van der Waals surface area (Å²) in [5.74, 6) is -2.09. The first kappa shape index (κ1) is 31.7. The molecule has 2 aliphatic rings. The molecule has 0 saturated carbocycles. The number of fused-ring (bicyclic) bond motifs is 1. The molecule has 0 aliphatic carbocycles. The maximum Gasteiger partial charge on any atom is 0.270 e. The van der Waals surface area contributed by atoms with Gasteiger partial charge >= 0.3 is 0 Å². The van der Waals surface area contributed by atoms with Crippen LogP contribution in [0.3, 0.4) is 0 Å². The van der Waals surface area contributed by atoms with Crippen LogP contribution in [0.4, 0.5) is 13.2 Å². The van der Waals surface area contributed by atoms with Gasteiger partial charge in [-0.1, -0.05) is 12.1 Å². The number of ether oxygens (including phenoxy) is 3. The van der Waals surface area contributed by atoms with Gasteiger partial charge in [0, 0.05) is 48.0 Å². The second-order valence-electron chi connectivity index (χ2n) is 11.7. The van der Waals surface area contributed by atoms with Gasteiger partial charge in [-0.15, -0.1) is 0 Å². The minimum atomic E-state index is -1.67. The van der Waals surface area contributed by atoms with Crippen LogP contribution >= 0.6 is 0 Å². The first-order chi connectivity index (χ1) is 23.2. The molecule has 11 nitrogen and oxygen atoms in total. The van der Waals surface area contributed by atoms with Gasteiger partial charge in [0.1, 0.15) is 35.6 Å². The molecule has 2 aliphatic heterocycles. The van der Waals surface area contributed by atoms with Crippen LogP contribution in [0.5, 0.6) is 5.88 Å². The van der Waals surface area contributed by atoms with E-state index in [1.807, 2.05) is 4.57 Å². The number of nitrogens with one attached hydrogen (secondary N) is 1. The van der Waals surface area contributed by atoms with Crippen molar-refractivity contribution in [1.29, 1.82) is 0 Å². The van der Waals surface area contributed by atoms with Crippen molar-refractivity contribution in [3.63, 3.8) is 0 Å². The molecule has 5 aromatic rings. The number of pyridine rings is 2. The standard InChI is InChI=1S/C34H30F3N5O6/c35-24-11-23(27-2-1-3-32(41-27)48-15-20-13-38-29(12-25(20)36)33(43)39-21-16-46-17-21)26(37)8-19(24)10-31-40-28-5-4-18(34(44)45)9-30(28)42(31)14-22-6-7-47-22/h1-5,8-9,11-13,21-22,34,44-45H,6-7,10,14-17H2,(H,39,43)/t22-/m0/s1. The minimum absolute atomic E-state index is 0.0347. The zero-order chi connectivity index (χ0) is 33.4. The predicted octanol–water partition coefficient (Wildman–Crippen LogP) is 3.98.